The SMILES string of the molecule is OC1(Cc2cc(Br)cs2)Cc2ccccc2C1. The Balaban J connectivity index is 1.82. The van der Waals surface area contributed by atoms with Gasteiger partial charge in [0.15, 0.2) is 0 Å². The first kappa shape index (κ1) is 11.5. The Morgan fingerprint density at radius 3 is 2.41 bits per heavy atom. The highest BCUT2D eigenvalue weighted by atomic mass is 79.9. The summed E-state index contributed by atoms with van der Waals surface area (Å²) in [6.45, 7) is 0. The third-order valence-corrected chi connectivity index (χ3v) is 4.98. The Bertz CT molecular complexity index is 522. The molecule has 3 heteroatoms. The fraction of sp³-hybridized carbons (Fsp3) is 0.286. The fourth-order valence-electron chi connectivity index (χ4n) is 2.57. The van der Waals surface area contributed by atoms with Crippen LogP contribution in [0.15, 0.2) is 40.2 Å². The van der Waals surface area contributed by atoms with Gasteiger partial charge < -0.3 is 5.11 Å². The molecule has 0 bridgehead atoms. The van der Waals surface area contributed by atoms with Crippen molar-refractivity contribution in [2.75, 3.05) is 0 Å². The van der Waals surface area contributed by atoms with Crippen LogP contribution in [-0.2, 0) is 19.3 Å². The summed E-state index contributed by atoms with van der Waals surface area (Å²) in [7, 11) is 0. The second-order valence-corrected chi connectivity index (χ2v) is 6.67. The molecule has 3 rings (SSSR count). The molecule has 0 saturated carbocycles. The van der Waals surface area contributed by atoms with Crippen LogP contribution in [0.4, 0.5) is 0 Å². The van der Waals surface area contributed by atoms with Crippen molar-refractivity contribution < 1.29 is 5.11 Å². The Hall–Kier alpha value is -0.640. The highest BCUT2D eigenvalue weighted by Gasteiger charge is 2.35. The lowest BCUT2D eigenvalue weighted by Gasteiger charge is -2.21. The van der Waals surface area contributed by atoms with Crippen molar-refractivity contribution in [1.29, 1.82) is 0 Å². The molecule has 1 aliphatic carbocycles. The number of rotatable bonds is 2. The zero-order valence-electron chi connectivity index (χ0n) is 9.32. The molecule has 1 N–H and O–H groups in total. The second kappa shape index (κ2) is 4.23. The van der Waals surface area contributed by atoms with E-state index in [0.29, 0.717) is 0 Å². The van der Waals surface area contributed by atoms with Crippen LogP contribution in [0.5, 0.6) is 0 Å². The van der Waals surface area contributed by atoms with Gasteiger partial charge in [0.25, 0.3) is 0 Å². The van der Waals surface area contributed by atoms with Gasteiger partial charge in [-0.15, -0.1) is 11.3 Å². The first-order valence-electron chi connectivity index (χ1n) is 5.67. The molecule has 1 aromatic heterocycles. The lowest BCUT2D eigenvalue weighted by molar-refractivity contribution is 0.0526. The predicted molar refractivity (Wildman–Crippen MR) is 74.5 cm³/mol. The molecule has 0 aliphatic heterocycles. The summed E-state index contributed by atoms with van der Waals surface area (Å²) < 4.78 is 1.11. The summed E-state index contributed by atoms with van der Waals surface area (Å²) in [5.41, 5.74) is 2.00. The van der Waals surface area contributed by atoms with Gasteiger partial charge >= 0.3 is 0 Å². The van der Waals surface area contributed by atoms with Gasteiger partial charge in [-0.2, -0.15) is 0 Å². The summed E-state index contributed by atoms with van der Waals surface area (Å²) in [5.74, 6) is 0. The molecule has 0 atom stereocenters. The highest BCUT2D eigenvalue weighted by molar-refractivity contribution is 9.10. The molecule has 0 amide bonds. The smallest absolute Gasteiger partial charge is 0.0776 e. The van der Waals surface area contributed by atoms with Crippen LogP contribution in [0, 0.1) is 0 Å². The van der Waals surface area contributed by atoms with E-state index in [9.17, 15) is 5.11 Å². The van der Waals surface area contributed by atoms with Crippen LogP contribution in [0.2, 0.25) is 0 Å². The minimum atomic E-state index is -0.589. The topological polar surface area (TPSA) is 20.2 Å². The predicted octanol–water partition coefficient (Wildman–Crippen LogP) is 3.58. The van der Waals surface area contributed by atoms with Crippen molar-refractivity contribution in [3.8, 4) is 0 Å². The molecule has 0 radical (unpaired) electrons. The number of thiophene rings is 1. The summed E-state index contributed by atoms with van der Waals surface area (Å²) in [5, 5.41) is 12.7. The first-order chi connectivity index (χ1) is 8.15. The lowest BCUT2D eigenvalue weighted by Crippen LogP contribution is -2.31. The zero-order chi connectivity index (χ0) is 11.9. The molecule has 1 heterocycles. The maximum Gasteiger partial charge on any atom is 0.0776 e. The third-order valence-electron chi connectivity index (χ3n) is 3.28. The molecule has 0 fully saturated rings. The summed E-state index contributed by atoms with van der Waals surface area (Å²) in [6, 6.07) is 10.4. The maximum absolute atomic E-state index is 10.7. The zero-order valence-corrected chi connectivity index (χ0v) is 11.7. The van der Waals surface area contributed by atoms with E-state index in [1.165, 1.54) is 16.0 Å². The van der Waals surface area contributed by atoms with Crippen LogP contribution >= 0.6 is 27.3 Å². The van der Waals surface area contributed by atoms with Crippen LogP contribution in [0.1, 0.15) is 16.0 Å². The molecular weight excluding hydrogens is 296 g/mol. The van der Waals surface area contributed by atoms with Gasteiger partial charge in [0.2, 0.25) is 0 Å². The minimum absolute atomic E-state index is 0.589. The standard InChI is InChI=1S/C14H13BrOS/c15-12-5-13(17-9-12)8-14(16)6-10-3-1-2-4-11(10)7-14/h1-5,9,16H,6-8H2. The molecule has 1 nitrogen and oxygen atoms in total. The molecule has 0 unspecified atom stereocenters. The van der Waals surface area contributed by atoms with E-state index in [1.807, 2.05) is 12.1 Å². The Kier molecular flexibility index (Phi) is 2.85. The third kappa shape index (κ3) is 2.32. The first-order valence-corrected chi connectivity index (χ1v) is 7.34. The van der Waals surface area contributed by atoms with Gasteiger partial charge in [0, 0.05) is 34.0 Å². The molecule has 1 aromatic carbocycles. The Morgan fingerprint density at radius 1 is 1.24 bits per heavy atom. The van der Waals surface area contributed by atoms with Gasteiger partial charge in [-0.25, -0.2) is 0 Å². The highest BCUT2D eigenvalue weighted by Crippen LogP contribution is 2.34. The van der Waals surface area contributed by atoms with Gasteiger partial charge in [0.05, 0.1) is 5.60 Å². The van der Waals surface area contributed by atoms with Crippen LogP contribution < -0.4 is 0 Å². The van der Waals surface area contributed by atoms with Crippen molar-refractivity contribution in [3.63, 3.8) is 0 Å². The monoisotopic (exact) mass is 308 g/mol. The van der Waals surface area contributed by atoms with E-state index in [0.717, 1.165) is 23.7 Å². The van der Waals surface area contributed by atoms with Crippen LogP contribution in [0.3, 0.4) is 0 Å². The number of hydrogen-bond donors (Lipinski definition) is 1. The van der Waals surface area contributed by atoms with Gasteiger partial charge in [0.1, 0.15) is 0 Å². The fourth-order valence-corrected chi connectivity index (χ4v) is 4.16. The Labute approximate surface area is 113 Å². The quantitative estimate of drug-likeness (QED) is 0.899. The van der Waals surface area contributed by atoms with Gasteiger partial charge in [-0.05, 0) is 33.1 Å². The summed E-state index contributed by atoms with van der Waals surface area (Å²) in [6.07, 6.45) is 2.30. The van der Waals surface area contributed by atoms with Crippen molar-refractivity contribution in [2.24, 2.45) is 0 Å². The lowest BCUT2D eigenvalue weighted by atomic mass is 9.95. The van der Waals surface area contributed by atoms with Gasteiger partial charge in [-0.1, -0.05) is 24.3 Å². The molecule has 2 aromatic rings. The maximum atomic E-state index is 10.7. The van der Waals surface area contributed by atoms with E-state index < -0.39 is 5.60 Å². The molecule has 17 heavy (non-hydrogen) atoms. The van der Waals surface area contributed by atoms with E-state index in [2.05, 4.69) is 39.5 Å². The van der Waals surface area contributed by atoms with Gasteiger partial charge in [-0.3, -0.25) is 0 Å². The van der Waals surface area contributed by atoms with Crippen LogP contribution in [-0.4, -0.2) is 10.7 Å². The second-order valence-electron chi connectivity index (χ2n) is 4.75. The average molecular weight is 309 g/mol. The van der Waals surface area contributed by atoms with E-state index in [1.54, 1.807) is 11.3 Å². The van der Waals surface area contributed by atoms with Crippen molar-refractivity contribution in [2.45, 2.75) is 24.9 Å². The number of fused-ring (bicyclic) bond motifs is 1. The van der Waals surface area contributed by atoms with Crippen molar-refractivity contribution >= 4 is 27.3 Å². The van der Waals surface area contributed by atoms with E-state index in [4.69, 9.17) is 0 Å². The summed E-state index contributed by atoms with van der Waals surface area (Å²) in [4.78, 5) is 1.24. The molecular formula is C14H13BrOS. The van der Waals surface area contributed by atoms with E-state index in [-0.39, 0.29) is 0 Å². The Morgan fingerprint density at radius 2 is 1.88 bits per heavy atom. The normalized spacial score (nSPS) is 17.1. The van der Waals surface area contributed by atoms with Crippen molar-refractivity contribution in [3.05, 3.63) is 56.2 Å². The number of aliphatic hydroxyl groups is 1. The number of benzene rings is 1. The minimum Gasteiger partial charge on any atom is -0.389 e. The largest absolute Gasteiger partial charge is 0.389 e. The summed E-state index contributed by atoms with van der Waals surface area (Å²) >= 11 is 5.16. The molecule has 0 saturated heterocycles. The molecule has 88 valence electrons. The molecule has 0 spiro atoms. The average Bonchev–Trinajstić information content (AvgIpc) is 2.81. The number of hydrogen-bond acceptors (Lipinski definition) is 2. The molecule has 1 aliphatic rings. The van der Waals surface area contributed by atoms with Crippen LogP contribution in [0.25, 0.3) is 0 Å². The van der Waals surface area contributed by atoms with E-state index >= 15 is 0 Å². The number of halogens is 1. The van der Waals surface area contributed by atoms with Crippen molar-refractivity contribution in [1.82, 2.24) is 0 Å².